The van der Waals surface area contributed by atoms with E-state index in [1.807, 2.05) is 30.3 Å². The fourth-order valence-electron chi connectivity index (χ4n) is 2.15. The van der Waals surface area contributed by atoms with Crippen LogP contribution in [0.25, 0.3) is 11.3 Å². The molecule has 0 aliphatic carbocycles. The van der Waals surface area contributed by atoms with Gasteiger partial charge in [-0.2, -0.15) is 0 Å². The van der Waals surface area contributed by atoms with E-state index in [0.717, 1.165) is 17.2 Å². The van der Waals surface area contributed by atoms with Crippen LogP contribution in [0.3, 0.4) is 0 Å². The first-order valence-electron chi connectivity index (χ1n) is 7.12. The van der Waals surface area contributed by atoms with E-state index in [1.165, 1.54) is 6.07 Å². The molecule has 3 aromatic rings. The van der Waals surface area contributed by atoms with E-state index in [2.05, 4.69) is 16.8 Å². The molecule has 0 aliphatic heterocycles. The van der Waals surface area contributed by atoms with E-state index in [9.17, 15) is 8.78 Å². The number of aryl methyl sites for hydroxylation is 1. The minimum Gasteiger partial charge on any atom is -0.255 e. The summed E-state index contributed by atoms with van der Waals surface area (Å²) in [6, 6.07) is 15.4. The van der Waals surface area contributed by atoms with E-state index in [4.69, 9.17) is 0 Å². The highest BCUT2D eigenvalue weighted by molar-refractivity contribution is 5.61. The lowest BCUT2D eigenvalue weighted by atomic mass is 10.1. The van der Waals surface area contributed by atoms with Crippen LogP contribution in [-0.4, -0.2) is 4.98 Å². The molecule has 3 rings (SSSR count). The largest absolute Gasteiger partial charge is 0.255 e. The molecule has 0 radical (unpaired) electrons. The van der Waals surface area contributed by atoms with Gasteiger partial charge in [0.15, 0.2) is 0 Å². The number of hydrogen-bond donors (Lipinski definition) is 0. The number of hydrogen-bond acceptors (Lipinski definition) is 1. The van der Waals surface area contributed by atoms with Crippen molar-refractivity contribution in [2.24, 2.45) is 0 Å². The van der Waals surface area contributed by atoms with Gasteiger partial charge < -0.3 is 0 Å². The number of benzene rings is 2. The summed E-state index contributed by atoms with van der Waals surface area (Å²) < 4.78 is 27.2. The molecular weight excluding hydrogens is 292 g/mol. The Morgan fingerprint density at radius 2 is 1.57 bits per heavy atom. The van der Waals surface area contributed by atoms with Gasteiger partial charge in [-0.3, -0.25) is 4.98 Å². The van der Waals surface area contributed by atoms with Gasteiger partial charge in [-0.15, -0.1) is 0 Å². The van der Waals surface area contributed by atoms with E-state index < -0.39 is 11.6 Å². The SMILES string of the molecule is Cc1cc(-c2ccc(C#Cc3ccccc3)cn2)c(F)cc1F. The summed E-state index contributed by atoms with van der Waals surface area (Å²) in [6.45, 7) is 1.60. The summed E-state index contributed by atoms with van der Waals surface area (Å²) in [7, 11) is 0. The number of aromatic nitrogens is 1. The molecule has 0 fully saturated rings. The molecule has 1 aromatic heterocycles. The van der Waals surface area contributed by atoms with Gasteiger partial charge in [-0.1, -0.05) is 30.0 Å². The maximum atomic E-state index is 13.9. The van der Waals surface area contributed by atoms with Crippen LogP contribution in [0, 0.1) is 30.4 Å². The van der Waals surface area contributed by atoms with Gasteiger partial charge in [0, 0.05) is 29.0 Å². The smallest absolute Gasteiger partial charge is 0.135 e. The molecule has 23 heavy (non-hydrogen) atoms. The third kappa shape index (κ3) is 3.44. The highest BCUT2D eigenvalue weighted by Crippen LogP contribution is 2.23. The zero-order valence-electron chi connectivity index (χ0n) is 12.5. The first-order chi connectivity index (χ1) is 11.1. The second-order valence-electron chi connectivity index (χ2n) is 5.13. The summed E-state index contributed by atoms with van der Waals surface area (Å²) in [5.41, 5.74) is 2.77. The van der Waals surface area contributed by atoms with Gasteiger partial charge in [0.1, 0.15) is 11.6 Å². The molecule has 0 unspecified atom stereocenters. The Bertz CT molecular complexity index is 889. The Morgan fingerprint density at radius 3 is 2.26 bits per heavy atom. The van der Waals surface area contributed by atoms with Gasteiger partial charge in [-0.05, 0) is 42.8 Å². The minimum atomic E-state index is -0.622. The Morgan fingerprint density at radius 1 is 0.826 bits per heavy atom. The van der Waals surface area contributed by atoms with Crippen LogP contribution in [0.4, 0.5) is 8.78 Å². The zero-order valence-corrected chi connectivity index (χ0v) is 12.5. The van der Waals surface area contributed by atoms with Gasteiger partial charge >= 0.3 is 0 Å². The predicted molar refractivity (Wildman–Crippen MR) is 86.7 cm³/mol. The Balaban J connectivity index is 1.89. The van der Waals surface area contributed by atoms with E-state index in [0.29, 0.717) is 11.3 Å². The van der Waals surface area contributed by atoms with Crippen LogP contribution in [0.5, 0.6) is 0 Å². The van der Waals surface area contributed by atoms with Crippen LogP contribution in [0.2, 0.25) is 0 Å². The minimum absolute atomic E-state index is 0.284. The van der Waals surface area contributed by atoms with Crippen molar-refractivity contribution in [1.29, 1.82) is 0 Å². The maximum Gasteiger partial charge on any atom is 0.135 e. The molecule has 0 bridgehead atoms. The second-order valence-corrected chi connectivity index (χ2v) is 5.13. The summed E-state index contributed by atoms with van der Waals surface area (Å²) in [5, 5.41) is 0. The summed E-state index contributed by atoms with van der Waals surface area (Å²) in [5.74, 6) is 4.86. The van der Waals surface area contributed by atoms with Gasteiger partial charge in [0.2, 0.25) is 0 Å². The monoisotopic (exact) mass is 305 g/mol. The van der Waals surface area contributed by atoms with E-state index in [1.54, 1.807) is 25.3 Å². The topological polar surface area (TPSA) is 12.9 Å². The van der Waals surface area contributed by atoms with Crippen LogP contribution in [0.15, 0.2) is 60.8 Å². The fraction of sp³-hybridized carbons (Fsp3) is 0.0500. The Labute approximate surface area is 133 Å². The number of pyridine rings is 1. The predicted octanol–water partition coefficient (Wildman–Crippen LogP) is 4.74. The Kier molecular flexibility index (Phi) is 4.16. The third-order valence-electron chi connectivity index (χ3n) is 3.41. The second kappa shape index (κ2) is 6.41. The first-order valence-corrected chi connectivity index (χ1v) is 7.12. The van der Waals surface area contributed by atoms with Crippen molar-refractivity contribution in [2.75, 3.05) is 0 Å². The Hall–Kier alpha value is -2.99. The molecule has 0 spiro atoms. The highest BCUT2D eigenvalue weighted by atomic mass is 19.1. The lowest BCUT2D eigenvalue weighted by Gasteiger charge is -2.05. The van der Waals surface area contributed by atoms with Crippen molar-refractivity contribution in [2.45, 2.75) is 6.92 Å². The third-order valence-corrected chi connectivity index (χ3v) is 3.41. The molecule has 2 aromatic carbocycles. The van der Waals surface area contributed by atoms with Crippen molar-refractivity contribution in [3.8, 4) is 23.1 Å². The van der Waals surface area contributed by atoms with Crippen molar-refractivity contribution < 1.29 is 8.78 Å². The molecule has 1 heterocycles. The normalized spacial score (nSPS) is 10.0. The highest BCUT2D eigenvalue weighted by Gasteiger charge is 2.10. The fourth-order valence-corrected chi connectivity index (χ4v) is 2.15. The van der Waals surface area contributed by atoms with E-state index >= 15 is 0 Å². The zero-order chi connectivity index (χ0) is 16.2. The van der Waals surface area contributed by atoms with Crippen LogP contribution >= 0.6 is 0 Å². The van der Waals surface area contributed by atoms with Crippen molar-refractivity contribution in [3.05, 3.63) is 89.1 Å². The maximum absolute atomic E-state index is 13.9. The summed E-state index contributed by atoms with van der Waals surface area (Å²) in [6.07, 6.45) is 1.59. The van der Waals surface area contributed by atoms with Crippen LogP contribution < -0.4 is 0 Å². The van der Waals surface area contributed by atoms with Crippen LogP contribution in [-0.2, 0) is 0 Å². The average Bonchev–Trinajstić information content (AvgIpc) is 2.58. The molecule has 0 atom stereocenters. The standard InChI is InChI=1S/C20H13F2N/c1-14-11-17(19(22)12-18(14)21)20-10-9-16(13-23-20)8-7-15-5-3-2-4-6-15/h2-6,9-13H,1H3. The lowest BCUT2D eigenvalue weighted by Crippen LogP contribution is -1.92. The van der Waals surface area contributed by atoms with Gasteiger partial charge in [0.05, 0.1) is 5.69 Å². The van der Waals surface area contributed by atoms with E-state index in [-0.39, 0.29) is 5.56 Å². The van der Waals surface area contributed by atoms with Crippen molar-refractivity contribution in [3.63, 3.8) is 0 Å². The van der Waals surface area contributed by atoms with Crippen molar-refractivity contribution in [1.82, 2.24) is 4.98 Å². The molecule has 112 valence electrons. The molecule has 0 saturated carbocycles. The number of halogens is 2. The van der Waals surface area contributed by atoms with Gasteiger partial charge in [0.25, 0.3) is 0 Å². The van der Waals surface area contributed by atoms with Crippen LogP contribution in [0.1, 0.15) is 16.7 Å². The molecular formula is C20H13F2N. The summed E-state index contributed by atoms with van der Waals surface area (Å²) >= 11 is 0. The molecule has 0 saturated heterocycles. The molecule has 3 heteroatoms. The first kappa shape index (κ1) is 14.9. The van der Waals surface area contributed by atoms with Crippen molar-refractivity contribution >= 4 is 0 Å². The lowest BCUT2D eigenvalue weighted by molar-refractivity contribution is 0.579. The molecule has 0 N–H and O–H groups in total. The molecule has 1 nitrogen and oxygen atoms in total. The van der Waals surface area contributed by atoms with Gasteiger partial charge in [-0.25, -0.2) is 8.78 Å². The number of nitrogens with zero attached hydrogens (tertiary/aromatic N) is 1. The average molecular weight is 305 g/mol. The number of rotatable bonds is 1. The quantitative estimate of drug-likeness (QED) is 0.592. The molecule has 0 aliphatic rings. The molecule has 0 amide bonds. The summed E-state index contributed by atoms with van der Waals surface area (Å²) in [4.78, 5) is 4.23.